The molecule has 1 amide bonds. The predicted molar refractivity (Wildman–Crippen MR) is 118 cm³/mol. The van der Waals surface area contributed by atoms with Gasteiger partial charge in [-0.05, 0) is 59.7 Å². The summed E-state index contributed by atoms with van der Waals surface area (Å²) in [4.78, 5) is 28.1. The fourth-order valence-corrected chi connectivity index (χ4v) is 5.14. The molecular weight excluding hydrogens is 394 g/mol. The van der Waals surface area contributed by atoms with Gasteiger partial charge in [0.2, 0.25) is 5.91 Å². The van der Waals surface area contributed by atoms with Crippen LogP contribution in [0, 0.1) is 0 Å². The lowest BCUT2D eigenvalue weighted by Crippen LogP contribution is -2.32. The number of carbonyl (C=O) groups is 2. The molecule has 1 saturated carbocycles. The molecule has 0 radical (unpaired) electrons. The minimum Gasteiger partial charge on any atom is -0.478 e. The number of nitrogens with zero attached hydrogens (tertiary/aromatic N) is 1. The van der Waals surface area contributed by atoms with E-state index in [1.54, 1.807) is 30.0 Å². The molecule has 1 aliphatic heterocycles. The molecule has 0 aromatic heterocycles. The number of para-hydroxylation sites is 1. The number of thioether (sulfide) groups is 1. The number of amides is 1. The second-order valence-corrected chi connectivity index (χ2v) is 8.79. The monoisotopic (exact) mass is 415 g/mol. The van der Waals surface area contributed by atoms with Crippen LogP contribution in [-0.4, -0.2) is 23.2 Å². The Balaban J connectivity index is 1.49. The zero-order chi connectivity index (χ0) is 20.9. The van der Waals surface area contributed by atoms with Gasteiger partial charge in [-0.2, -0.15) is 0 Å². The summed E-state index contributed by atoms with van der Waals surface area (Å²) in [5.74, 6) is -0.668. The third kappa shape index (κ3) is 2.84. The molecular formula is C25H21NO3S. The summed E-state index contributed by atoms with van der Waals surface area (Å²) in [7, 11) is 0. The Kier molecular flexibility index (Phi) is 4.44. The maximum Gasteiger partial charge on any atom is 0.335 e. The smallest absolute Gasteiger partial charge is 0.335 e. The molecule has 4 nitrogen and oxygen atoms in total. The van der Waals surface area contributed by atoms with Gasteiger partial charge in [-0.3, -0.25) is 4.79 Å². The van der Waals surface area contributed by atoms with Crippen molar-refractivity contribution in [2.75, 3.05) is 11.2 Å². The van der Waals surface area contributed by atoms with E-state index in [4.69, 9.17) is 0 Å². The second-order valence-electron chi connectivity index (χ2n) is 7.92. The molecule has 5 rings (SSSR count). The van der Waals surface area contributed by atoms with Crippen LogP contribution < -0.4 is 4.90 Å². The SMILES string of the molecule is CSc1ccc([C@H]2C[C@@]23C(=O)N(Cc2cccc(C(=O)O)c2)c2ccccc23)cc1. The van der Waals surface area contributed by atoms with E-state index in [1.165, 1.54) is 10.5 Å². The van der Waals surface area contributed by atoms with Crippen molar-refractivity contribution in [2.45, 2.75) is 29.2 Å². The van der Waals surface area contributed by atoms with E-state index >= 15 is 0 Å². The van der Waals surface area contributed by atoms with E-state index in [0.717, 1.165) is 23.2 Å². The van der Waals surface area contributed by atoms with Crippen molar-refractivity contribution in [2.24, 2.45) is 0 Å². The molecule has 150 valence electrons. The highest BCUT2D eigenvalue weighted by Gasteiger charge is 2.66. The molecule has 0 saturated heterocycles. The summed E-state index contributed by atoms with van der Waals surface area (Å²) < 4.78 is 0. The molecule has 5 heteroatoms. The van der Waals surface area contributed by atoms with Gasteiger partial charge < -0.3 is 10.0 Å². The molecule has 3 aromatic rings. The first kappa shape index (κ1) is 18.9. The van der Waals surface area contributed by atoms with Crippen molar-refractivity contribution in [3.63, 3.8) is 0 Å². The van der Waals surface area contributed by atoms with Gasteiger partial charge in [0.05, 0.1) is 17.5 Å². The van der Waals surface area contributed by atoms with Gasteiger partial charge in [0.1, 0.15) is 0 Å². The fourth-order valence-electron chi connectivity index (χ4n) is 4.73. The predicted octanol–water partition coefficient (Wildman–Crippen LogP) is 5.08. The van der Waals surface area contributed by atoms with Crippen molar-refractivity contribution in [3.05, 3.63) is 95.1 Å². The first-order chi connectivity index (χ1) is 14.5. The summed E-state index contributed by atoms with van der Waals surface area (Å²) in [6.45, 7) is 0.372. The number of rotatable bonds is 5. The molecule has 1 N–H and O–H groups in total. The lowest BCUT2D eigenvalue weighted by Gasteiger charge is -2.19. The molecule has 1 aliphatic carbocycles. The van der Waals surface area contributed by atoms with Gasteiger partial charge >= 0.3 is 5.97 Å². The summed E-state index contributed by atoms with van der Waals surface area (Å²) in [6.07, 6.45) is 2.87. The number of fused-ring (bicyclic) bond motifs is 2. The maximum absolute atomic E-state index is 13.7. The van der Waals surface area contributed by atoms with E-state index in [2.05, 4.69) is 36.6 Å². The second kappa shape index (κ2) is 7.03. The minimum atomic E-state index is -0.961. The Hall–Kier alpha value is -3.05. The Morgan fingerprint density at radius 2 is 1.87 bits per heavy atom. The summed E-state index contributed by atoms with van der Waals surface area (Å²) in [5, 5.41) is 9.29. The third-order valence-corrected chi connectivity index (χ3v) is 7.04. The number of hydrogen-bond acceptors (Lipinski definition) is 3. The molecule has 0 bridgehead atoms. The van der Waals surface area contributed by atoms with Crippen molar-refractivity contribution < 1.29 is 14.7 Å². The highest BCUT2D eigenvalue weighted by Crippen LogP contribution is 2.66. The first-order valence-electron chi connectivity index (χ1n) is 9.92. The Bertz CT molecular complexity index is 1160. The van der Waals surface area contributed by atoms with Crippen molar-refractivity contribution >= 4 is 29.3 Å². The van der Waals surface area contributed by atoms with Gasteiger partial charge in [0.25, 0.3) is 0 Å². The molecule has 1 heterocycles. The van der Waals surface area contributed by atoms with Crippen LogP contribution in [0.3, 0.4) is 0 Å². The lowest BCUT2D eigenvalue weighted by molar-refractivity contribution is -0.120. The molecule has 1 fully saturated rings. The zero-order valence-corrected chi connectivity index (χ0v) is 17.4. The number of carboxylic acid groups (broad SMARTS) is 1. The van der Waals surface area contributed by atoms with Crippen molar-refractivity contribution in [1.82, 2.24) is 0 Å². The third-order valence-electron chi connectivity index (χ3n) is 6.30. The number of aromatic carboxylic acids is 1. The highest BCUT2D eigenvalue weighted by atomic mass is 32.2. The fraction of sp³-hybridized carbons (Fsp3) is 0.200. The van der Waals surface area contributed by atoms with E-state index in [-0.39, 0.29) is 17.4 Å². The molecule has 1 spiro atoms. The minimum absolute atomic E-state index is 0.114. The van der Waals surface area contributed by atoms with Crippen LogP contribution in [0.1, 0.15) is 39.4 Å². The quantitative estimate of drug-likeness (QED) is 0.591. The normalized spacial score (nSPS) is 21.7. The molecule has 2 aliphatic rings. The lowest BCUT2D eigenvalue weighted by atomic mass is 9.92. The van der Waals surface area contributed by atoms with Gasteiger partial charge in [-0.15, -0.1) is 11.8 Å². The van der Waals surface area contributed by atoms with Crippen LogP contribution in [0.4, 0.5) is 5.69 Å². The van der Waals surface area contributed by atoms with Gasteiger partial charge in [0, 0.05) is 16.5 Å². The Morgan fingerprint density at radius 1 is 1.10 bits per heavy atom. The Morgan fingerprint density at radius 3 is 2.60 bits per heavy atom. The van der Waals surface area contributed by atoms with Gasteiger partial charge in [-0.25, -0.2) is 4.79 Å². The first-order valence-corrected chi connectivity index (χ1v) is 11.1. The van der Waals surface area contributed by atoms with Gasteiger partial charge in [0.15, 0.2) is 0 Å². The van der Waals surface area contributed by atoms with Crippen LogP contribution in [-0.2, 0) is 16.8 Å². The molecule has 0 unspecified atom stereocenters. The topological polar surface area (TPSA) is 57.6 Å². The van der Waals surface area contributed by atoms with Crippen LogP contribution in [0.15, 0.2) is 77.7 Å². The number of carbonyl (C=O) groups excluding carboxylic acids is 1. The summed E-state index contributed by atoms with van der Waals surface area (Å²) in [5.41, 5.74) is 3.78. The van der Waals surface area contributed by atoms with Crippen molar-refractivity contribution in [3.8, 4) is 0 Å². The highest BCUT2D eigenvalue weighted by molar-refractivity contribution is 7.98. The summed E-state index contributed by atoms with van der Waals surface area (Å²) in [6, 6.07) is 23.3. The average Bonchev–Trinajstić information content (AvgIpc) is 3.49. The number of benzene rings is 3. The largest absolute Gasteiger partial charge is 0.478 e. The number of hydrogen-bond donors (Lipinski definition) is 1. The molecule has 30 heavy (non-hydrogen) atoms. The van der Waals surface area contributed by atoms with E-state index in [1.807, 2.05) is 29.2 Å². The van der Waals surface area contributed by atoms with Crippen LogP contribution in [0.2, 0.25) is 0 Å². The van der Waals surface area contributed by atoms with Crippen LogP contribution in [0.25, 0.3) is 0 Å². The van der Waals surface area contributed by atoms with Crippen LogP contribution in [0.5, 0.6) is 0 Å². The zero-order valence-electron chi connectivity index (χ0n) is 16.5. The Labute approximate surface area is 179 Å². The van der Waals surface area contributed by atoms with Gasteiger partial charge in [-0.1, -0.05) is 42.5 Å². The number of anilines is 1. The standard InChI is InChI=1S/C25H21NO3S/c1-30-19-11-9-17(10-12-19)21-14-25(21)20-7-2-3-8-22(20)26(24(25)29)15-16-5-4-6-18(13-16)23(27)28/h2-13,21H,14-15H2,1H3,(H,27,28)/t21-,25+/m1/s1. The number of carboxylic acids is 1. The average molecular weight is 416 g/mol. The molecule has 3 aromatic carbocycles. The van der Waals surface area contributed by atoms with E-state index < -0.39 is 11.4 Å². The van der Waals surface area contributed by atoms with E-state index in [9.17, 15) is 14.7 Å². The van der Waals surface area contributed by atoms with Crippen molar-refractivity contribution in [1.29, 1.82) is 0 Å². The molecule has 2 atom stereocenters. The summed E-state index contributed by atoms with van der Waals surface area (Å²) >= 11 is 1.71. The van der Waals surface area contributed by atoms with Crippen LogP contribution >= 0.6 is 11.8 Å². The maximum atomic E-state index is 13.7. The van der Waals surface area contributed by atoms with E-state index in [0.29, 0.717) is 6.54 Å².